The average molecular weight is 325 g/mol. The van der Waals surface area contributed by atoms with E-state index in [1.54, 1.807) is 0 Å². The Hall–Kier alpha value is -2.41. The number of aliphatic hydroxyl groups excluding tert-OH is 1. The Morgan fingerprint density at radius 2 is 1.83 bits per heavy atom. The number of carbonyl (C=O) groups is 1. The highest BCUT2D eigenvalue weighted by molar-refractivity contribution is 5.87. The summed E-state index contributed by atoms with van der Waals surface area (Å²) in [7, 11) is 1.11. The van der Waals surface area contributed by atoms with Crippen LogP contribution in [0.5, 0.6) is 0 Å². The third kappa shape index (κ3) is 3.68. The van der Waals surface area contributed by atoms with Crippen molar-refractivity contribution in [2.75, 3.05) is 7.11 Å². The van der Waals surface area contributed by atoms with Gasteiger partial charge in [0.2, 0.25) is 0 Å². The molecule has 2 rings (SSSR count). The van der Waals surface area contributed by atoms with Gasteiger partial charge in [-0.2, -0.15) is 0 Å². The first-order valence-electron chi connectivity index (χ1n) is 6.74. The number of halogens is 3. The summed E-state index contributed by atoms with van der Waals surface area (Å²) in [6, 6.07) is 3.94. The van der Waals surface area contributed by atoms with Crippen LogP contribution < -0.4 is 0 Å². The quantitative estimate of drug-likeness (QED) is 0.878. The van der Waals surface area contributed by atoms with E-state index in [2.05, 4.69) is 9.72 Å². The van der Waals surface area contributed by atoms with Gasteiger partial charge in [-0.05, 0) is 43.2 Å². The fourth-order valence-electron chi connectivity index (χ4n) is 2.15. The number of hydrogen-bond donors (Lipinski definition) is 1. The number of nitrogens with zero attached hydrogens (tertiary/aromatic N) is 1. The molecular weight excluding hydrogens is 311 g/mol. The van der Waals surface area contributed by atoms with Crippen LogP contribution in [0.1, 0.15) is 23.0 Å². The van der Waals surface area contributed by atoms with E-state index in [1.807, 2.05) is 0 Å². The van der Waals surface area contributed by atoms with Crippen LogP contribution in [0.25, 0.3) is 11.3 Å². The molecule has 0 aliphatic heterocycles. The summed E-state index contributed by atoms with van der Waals surface area (Å²) < 4.78 is 46.8. The van der Waals surface area contributed by atoms with Crippen LogP contribution in [0.3, 0.4) is 0 Å². The number of aromatic nitrogens is 1. The molecular formula is C16H14F3NO3. The van der Waals surface area contributed by atoms with E-state index >= 15 is 0 Å². The lowest BCUT2D eigenvalue weighted by Crippen LogP contribution is -2.08. The Labute approximate surface area is 130 Å². The number of ether oxygens (including phenoxy) is 1. The number of esters is 1. The molecule has 0 aliphatic rings. The second-order valence-corrected chi connectivity index (χ2v) is 5.01. The zero-order valence-electron chi connectivity index (χ0n) is 12.4. The summed E-state index contributed by atoms with van der Waals surface area (Å²) in [5.41, 5.74) is -1.34. The van der Waals surface area contributed by atoms with E-state index in [1.165, 1.54) is 6.92 Å². The fraction of sp³-hybridized carbons (Fsp3) is 0.250. The molecule has 0 aliphatic carbocycles. The van der Waals surface area contributed by atoms with E-state index in [0.717, 1.165) is 31.4 Å². The topological polar surface area (TPSA) is 59.4 Å². The van der Waals surface area contributed by atoms with Gasteiger partial charge in [-0.3, -0.25) is 0 Å². The Kier molecular flexibility index (Phi) is 5.00. The molecule has 1 unspecified atom stereocenters. The molecule has 1 N–H and O–H groups in total. The zero-order valence-corrected chi connectivity index (χ0v) is 12.4. The Bertz CT molecular complexity index is 724. The number of carbonyl (C=O) groups excluding carboxylic acids is 1. The Balaban J connectivity index is 2.56. The highest BCUT2D eigenvalue weighted by Gasteiger charge is 2.21. The summed E-state index contributed by atoms with van der Waals surface area (Å²) in [5, 5.41) is 9.27. The monoisotopic (exact) mass is 325 g/mol. The summed E-state index contributed by atoms with van der Waals surface area (Å²) in [4.78, 5) is 15.1. The Morgan fingerprint density at radius 1 is 1.22 bits per heavy atom. The van der Waals surface area contributed by atoms with Crippen molar-refractivity contribution in [3.63, 3.8) is 0 Å². The van der Waals surface area contributed by atoms with Crippen molar-refractivity contribution in [2.45, 2.75) is 19.4 Å². The van der Waals surface area contributed by atoms with Crippen molar-refractivity contribution in [3.05, 3.63) is 53.0 Å². The fourth-order valence-corrected chi connectivity index (χ4v) is 2.15. The van der Waals surface area contributed by atoms with Crippen LogP contribution >= 0.6 is 0 Å². The van der Waals surface area contributed by atoms with Crippen molar-refractivity contribution in [1.29, 1.82) is 0 Å². The van der Waals surface area contributed by atoms with Gasteiger partial charge in [-0.25, -0.2) is 22.9 Å². The summed E-state index contributed by atoms with van der Waals surface area (Å²) in [5.74, 6) is -3.89. The second kappa shape index (κ2) is 6.78. The molecule has 0 fully saturated rings. The minimum Gasteiger partial charge on any atom is -0.464 e. The van der Waals surface area contributed by atoms with Gasteiger partial charge < -0.3 is 9.84 Å². The van der Waals surface area contributed by atoms with Gasteiger partial charge in [0.05, 0.1) is 18.8 Å². The highest BCUT2D eigenvalue weighted by Crippen LogP contribution is 2.28. The maximum absolute atomic E-state index is 14.2. The third-order valence-corrected chi connectivity index (χ3v) is 3.11. The lowest BCUT2D eigenvalue weighted by Gasteiger charge is -2.10. The first-order chi connectivity index (χ1) is 10.8. The molecule has 7 heteroatoms. The normalized spacial score (nSPS) is 12.1. The molecule has 122 valence electrons. The van der Waals surface area contributed by atoms with E-state index in [4.69, 9.17) is 0 Å². The molecule has 2 aromatic rings. The minimum atomic E-state index is -1.03. The van der Waals surface area contributed by atoms with Crippen LogP contribution in [0.4, 0.5) is 13.2 Å². The molecule has 23 heavy (non-hydrogen) atoms. The van der Waals surface area contributed by atoms with E-state index < -0.39 is 40.8 Å². The maximum Gasteiger partial charge on any atom is 0.356 e. The highest BCUT2D eigenvalue weighted by atomic mass is 19.1. The second-order valence-electron chi connectivity index (χ2n) is 5.01. The first kappa shape index (κ1) is 17.0. The molecule has 0 bridgehead atoms. The van der Waals surface area contributed by atoms with Crippen LogP contribution in [0.2, 0.25) is 0 Å². The largest absolute Gasteiger partial charge is 0.464 e. The van der Waals surface area contributed by atoms with Crippen molar-refractivity contribution in [2.24, 2.45) is 0 Å². The van der Waals surface area contributed by atoms with Crippen LogP contribution in [0.15, 0.2) is 24.3 Å². The summed E-state index contributed by atoms with van der Waals surface area (Å²) in [6.07, 6.45) is -0.733. The predicted molar refractivity (Wildman–Crippen MR) is 76.3 cm³/mol. The summed E-state index contributed by atoms with van der Waals surface area (Å²) >= 11 is 0. The van der Waals surface area contributed by atoms with Gasteiger partial charge in [-0.1, -0.05) is 0 Å². The number of methoxy groups -OCH3 is 1. The molecule has 0 saturated heterocycles. The first-order valence-corrected chi connectivity index (χ1v) is 6.74. The molecule has 1 aromatic heterocycles. The van der Waals surface area contributed by atoms with Gasteiger partial charge in [0, 0.05) is 0 Å². The standard InChI is InChI=1S/C16H14F3NO3/c1-8(21)5-9-6-11(18)14(12(19)7-9)15-10(17)3-4-13(20-15)16(22)23-2/h3-4,6-8,21H,5H2,1-2H3. The number of benzene rings is 1. The van der Waals surface area contributed by atoms with Crippen molar-refractivity contribution in [1.82, 2.24) is 4.98 Å². The van der Waals surface area contributed by atoms with Crippen LogP contribution in [-0.4, -0.2) is 29.3 Å². The van der Waals surface area contributed by atoms with Gasteiger partial charge in [-0.15, -0.1) is 0 Å². The van der Waals surface area contributed by atoms with Crippen molar-refractivity contribution >= 4 is 5.97 Å². The minimum absolute atomic E-state index is 0.0478. The van der Waals surface area contributed by atoms with Gasteiger partial charge in [0.25, 0.3) is 0 Å². The lowest BCUT2D eigenvalue weighted by molar-refractivity contribution is 0.0594. The van der Waals surface area contributed by atoms with Crippen molar-refractivity contribution < 1.29 is 27.8 Å². The molecule has 0 spiro atoms. The average Bonchev–Trinajstić information content (AvgIpc) is 2.47. The smallest absolute Gasteiger partial charge is 0.356 e. The lowest BCUT2D eigenvalue weighted by atomic mass is 10.0. The molecule has 0 radical (unpaired) electrons. The molecule has 1 atom stereocenters. The number of rotatable bonds is 4. The van der Waals surface area contributed by atoms with Crippen LogP contribution in [0, 0.1) is 17.5 Å². The number of pyridine rings is 1. The number of aliphatic hydroxyl groups is 1. The molecule has 1 heterocycles. The van der Waals surface area contributed by atoms with Gasteiger partial charge >= 0.3 is 5.97 Å². The Morgan fingerprint density at radius 3 is 2.35 bits per heavy atom. The zero-order chi connectivity index (χ0) is 17.1. The van der Waals surface area contributed by atoms with E-state index in [0.29, 0.717) is 0 Å². The molecule has 0 saturated carbocycles. The van der Waals surface area contributed by atoms with Gasteiger partial charge in [0.15, 0.2) is 0 Å². The van der Waals surface area contributed by atoms with E-state index in [9.17, 15) is 23.1 Å². The van der Waals surface area contributed by atoms with Gasteiger partial charge in [0.1, 0.15) is 28.8 Å². The van der Waals surface area contributed by atoms with Crippen molar-refractivity contribution in [3.8, 4) is 11.3 Å². The van der Waals surface area contributed by atoms with Crippen LogP contribution in [-0.2, 0) is 11.2 Å². The predicted octanol–water partition coefficient (Wildman–Crippen LogP) is 2.88. The molecule has 0 amide bonds. The van der Waals surface area contributed by atoms with E-state index in [-0.39, 0.29) is 17.7 Å². The SMILES string of the molecule is COC(=O)c1ccc(F)c(-c2c(F)cc(CC(C)O)cc2F)n1. The summed E-state index contributed by atoms with van der Waals surface area (Å²) in [6.45, 7) is 1.48. The maximum atomic E-state index is 14.2. The molecule has 1 aromatic carbocycles. The molecule has 4 nitrogen and oxygen atoms in total. The number of hydrogen-bond acceptors (Lipinski definition) is 4. The third-order valence-electron chi connectivity index (χ3n) is 3.11.